The van der Waals surface area contributed by atoms with Crippen LogP contribution in [0.5, 0.6) is 0 Å². The lowest BCUT2D eigenvalue weighted by Gasteiger charge is -2.29. The zero-order valence-electron chi connectivity index (χ0n) is 10.1. The van der Waals surface area contributed by atoms with Crippen molar-refractivity contribution in [1.82, 2.24) is 4.65 Å². The Morgan fingerprint density at radius 2 is 1.94 bits per heavy atom. The molecule has 0 aliphatic heterocycles. The van der Waals surface area contributed by atoms with E-state index in [0.29, 0.717) is 10.7 Å². The van der Waals surface area contributed by atoms with Crippen LogP contribution in [0.15, 0.2) is 24.3 Å². The van der Waals surface area contributed by atoms with Crippen LogP contribution < -0.4 is 4.65 Å². The van der Waals surface area contributed by atoms with Gasteiger partial charge in [-0.3, -0.25) is 0 Å². The van der Waals surface area contributed by atoms with E-state index in [1.165, 1.54) is 7.05 Å². The lowest BCUT2D eigenvalue weighted by Crippen LogP contribution is -2.54. The molecular formula is C12H16Cl2NO2+. The minimum absolute atomic E-state index is 0.130. The summed E-state index contributed by atoms with van der Waals surface area (Å²) >= 11 is 11.7. The fraction of sp³-hybridized carbons (Fsp3) is 0.417. The molecule has 0 aromatic heterocycles. The summed E-state index contributed by atoms with van der Waals surface area (Å²) in [6.45, 7) is 3.37. The van der Waals surface area contributed by atoms with E-state index in [4.69, 9.17) is 23.2 Å². The number of halogens is 2. The monoisotopic (exact) mass is 276 g/mol. The number of hydrogen-bond donors (Lipinski definition) is 1. The van der Waals surface area contributed by atoms with Crippen molar-refractivity contribution >= 4 is 34.8 Å². The van der Waals surface area contributed by atoms with Gasteiger partial charge in [-0.1, -0.05) is 28.4 Å². The Balaban J connectivity index is 3.21. The first-order chi connectivity index (χ1) is 7.73. The second-order valence-corrected chi connectivity index (χ2v) is 5.41. The van der Waals surface area contributed by atoms with Gasteiger partial charge >= 0.3 is 5.91 Å². The van der Waals surface area contributed by atoms with Gasteiger partial charge in [0.2, 0.25) is 0 Å². The predicted octanol–water partition coefficient (Wildman–Crippen LogP) is 3.46. The minimum Gasteiger partial charge on any atom is -0.226 e. The molecule has 0 saturated carbocycles. The normalized spacial score (nSPS) is 15.4. The summed E-state index contributed by atoms with van der Waals surface area (Å²) < 4.78 is -0.903. The van der Waals surface area contributed by atoms with E-state index in [0.717, 1.165) is 0 Å². The summed E-state index contributed by atoms with van der Waals surface area (Å²) in [6.07, 6.45) is 0. The van der Waals surface area contributed by atoms with E-state index in [1.807, 2.05) is 0 Å². The lowest BCUT2D eigenvalue weighted by molar-refractivity contribution is -0.165. The van der Waals surface area contributed by atoms with Crippen molar-refractivity contribution in [1.29, 1.82) is 0 Å². The van der Waals surface area contributed by atoms with Gasteiger partial charge in [0.1, 0.15) is 12.1 Å². The Hall–Kier alpha value is -0.610. The zero-order chi connectivity index (χ0) is 13.3. The molecule has 0 spiro atoms. The molecule has 0 aliphatic carbocycles. The van der Waals surface area contributed by atoms with E-state index >= 15 is 0 Å². The highest BCUT2D eigenvalue weighted by molar-refractivity contribution is 6.33. The largest absolute Gasteiger partial charge is 0.357 e. The Kier molecular flexibility index (Phi) is 4.20. The molecule has 3 nitrogen and oxygen atoms in total. The van der Waals surface area contributed by atoms with Crippen LogP contribution in [0.1, 0.15) is 13.8 Å². The topological polar surface area (TPSA) is 37.3 Å². The molecule has 1 atom stereocenters. The highest BCUT2D eigenvalue weighted by atomic mass is 35.5. The minimum atomic E-state index is -0.903. The second kappa shape index (κ2) is 4.94. The molecule has 1 rings (SSSR count). The second-order valence-electron chi connectivity index (χ2n) is 4.73. The number of alkyl halides is 1. The predicted molar refractivity (Wildman–Crippen MR) is 70.5 cm³/mol. The van der Waals surface area contributed by atoms with Crippen LogP contribution in [0.25, 0.3) is 0 Å². The molecule has 94 valence electrons. The average Bonchev–Trinajstić information content (AvgIpc) is 2.28. The van der Waals surface area contributed by atoms with Gasteiger partial charge in [0.25, 0.3) is 0 Å². The van der Waals surface area contributed by atoms with Gasteiger partial charge in [0.15, 0.2) is 5.69 Å². The Morgan fingerprint density at radius 3 is 2.41 bits per heavy atom. The summed E-state index contributed by atoms with van der Waals surface area (Å²) in [5.74, 6) is -0.273. The van der Waals surface area contributed by atoms with Gasteiger partial charge in [-0.15, -0.1) is 11.6 Å². The summed E-state index contributed by atoms with van der Waals surface area (Å²) in [6, 6.07) is 6.70. The molecule has 1 N–H and O–H groups in total. The van der Waals surface area contributed by atoms with E-state index in [-0.39, 0.29) is 5.88 Å². The molecule has 0 saturated heterocycles. The fourth-order valence-corrected chi connectivity index (χ4v) is 1.98. The molecule has 0 radical (unpaired) electrons. The molecule has 1 aromatic rings. The molecule has 1 unspecified atom stereocenters. The van der Waals surface area contributed by atoms with Crippen LogP contribution in [0.4, 0.5) is 5.69 Å². The van der Waals surface area contributed by atoms with Crippen LogP contribution in [0.3, 0.4) is 0 Å². The van der Waals surface area contributed by atoms with Crippen molar-refractivity contribution in [2.24, 2.45) is 5.41 Å². The van der Waals surface area contributed by atoms with Crippen LogP contribution in [-0.2, 0) is 4.79 Å². The van der Waals surface area contributed by atoms with Crippen LogP contribution in [-0.4, -0.2) is 24.0 Å². The molecule has 17 heavy (non-hydrogen) atoms. The molecule has 1 amide bonds. The number of hydrogen-bond acceptors (Lipinski definition) is 2. The van der Waals surface area contributed by atoms with Crippen LogP contribution in [0, 0.1) is 5.41 Å². The lowest BCUT2D eigenvalue weighted by atomic mass is 9.94. The van der Waals surface area contributed by atoms with Gasteiger partial charge in [-0.05, 0) is 19.9 Å². The van der Waals surface area contributed by atoms with Gasteiger partial charge in [-0.2, -0.15) is 0 Å². The number of nitrogens with zero attached hydrogens (tertiary/aromatic N) is 1. The van der Waals surface area contributed by atoms with Gasteiger partial charge in [-0.25, -0.2) is 10.0 Å². The van der Waals surface area contributed by atoms with Crippen molar-refractivity contribution < 1.29 is 10.0 Å². The third-order valence-corrected chi connectivity index (χ3v) is 3.62. The van der Waals surface area contributed by atoms with E-state index in [1.54, 1.807) is 38.1 Å². The molecule has 0 bridgehead atoms. The maximum Gasteiger partial charge on any atom is 0.357 e. The first-order valence-corrected chi connectivity index (χ1v) is 6.10. The van der Waals surface area contributed by atoms with Crippen molar-refractivity contribution in [2.75, 3.05) is 12.9 Å². The van der Waals surface area contributed by atoms with Gasteiger partial charge < -0.3 is 0 Å². The van der Waals surface area contributed by atoms with Crippen LogP contribution in [0.2, 0.25) is 5.02 Å². The Morgan fingerprint density at radius 1 is 1.41 bits per heavy atom. The first kappa shape index (κ1) is 14.5. The number of para-hydroxylation sites is 1. The SMILES string of the molecule is CC(C)(CCl)C(=O)[N+](C)(O)c1ccccc1Cl. The van der Waals surface area contributed by atoms with Crippen molar-refractivity contribution in [2.45, 2.75) is 13.8 Å². The summed E-state index contributed by atoms with van der Waals surface area (Å²) in [5, 5.41) is 10.7. The zero-order valence-corrected chi connectivity index (χ0v) is 11.6. The average molecular weight is 277 g/mol. The molecule has 0 heterocycles. The number of hydroxylamine groups is 2. The number of carbonyl (C=O) groups is 1. The van der Waals surface area contributed by atoms with Crippen molar-refractivity contribution in [3.63, 3.8) is 0 Å². The summed E-state index contributed by atoms with van der Waals surface area (Å²) in [5.41, 5.74) is -0.484. The molecule has 1 aromatic carbocycles. The molecule has 0 aliphatic rings. The summed E-state index contributed by atoms with van der Waals surface area (Å²) in [7, 11) is 1.39. The van der Waals surface area contributed by atoms with E-state index in [2.05, 4.69) is 0 Å². The standard InChI is InChI=1S/C12H16Cl2NO2/c1-12(2,8-13)11(16)15(3,17)10-7-5-4-6-9(10)14/h4-7,17H,8H2,1-3H3/q+1. The number of rotatable bonds is 3. The quantitative estimate of drug-likeness (QED) is 0.397. The summed E-state index contributed by atoms with van der Waals surface area (Å²) in [4.78, 5) is 12.2. The highest BCUT2D eigenvalue weighted by Crippen LogP contribution is 2.33. The fourth-order valence-electron chi connectivity index (χ4n) is 1.56. The van der Waals surface area contributed by atoms with Crippen molar-refractivity contribution in [3.05, 3.63) is 29.3 Å². The van der Waals surface area contributed by atoms with Crippen LogP contribution >= 0.6 is 23.2 Å². The van der Waals surface area contributed by atoms with Gasteiger partial charge in [0.05, 0.1) is 5.41 Å². The number of quaternary nitrogens is 1. The molecular weight excluding hydrogens is 261 g/mol. The maximum absolute atomic E-state index is 12.2. The smallest absolute Gasteiger partial charge is 0.226 e. The Labute approximate surface area is 111 Å². The Bertz CT molecular complexity index is 430. The number of carbonyl (C=O) groups excluding carboxylic acids is 1. The van der Waals surface area contributed by atoms with E-state index < -0.39 is 16.0 Å². The number of benzene rings is 1. The third-order valence-electron chi connectivity index (χ3n) is 2.63. The van der Waals surface area contributed by atoms with E-state index in [9.17, 15) is 10.0 Å². The highest BCUT2D eigenvalue weighted by Gasteiger charge is 2.45. The maximum atomic E-state index is 12.2. The first-order valence-electron chi connectivity index (χ1n) is 5.19. The third kappa shape index (κ3) is 2.80. The number of amides is 1. The molecule has 5 heteroatoms. The van der Waals surface area contributed by atoms with Gasteiger partial charge in [0, 0.05) is 11.9 Å². The van der Waals surface area contributed by atoms with Crippen molar-refractivity contribution in [3.8, 4) is 0 Å². The molecule has 0 fully saturated rings.